The molecular formula is C16H22O3. The SMILES string of the molecule is Cc1ccc(C(=O)CCC2C(O)CCCC2O)cc1. The summed E-state index contributed by atoms with van der Waals surface area (Å²) >= 11 is 0. The second-order valence-corrected chi connectivity index (χ2v) is 5.56. The Morgan fingerprint density at radius 2 is 1.74 bits per heavy atom. The number of Topliss-reactive ketones (excluding diaryl/α,β-unsaturated/α-hetero) is 1. The Hall–Kier alpha value is -1.19. The van der Waals surface area contributed by atoms with Crippen molar-refractivity contribution in [3.05, 3.63) is 35.4 Å². The molecule has 2 N–H and O–H groups in total. The fraction of sp³-hybridized carbons (Fsp3) is 0.562. The van der Waals surface area contributed by atoms with Gasteiger partial charge in [0.15, 0.2) is 5.78 Å². The number of aliphatic hydroxyl groups is 2. The van der Waals surface area contributed by atoms with Crippen molar-refractivity contribution < 1.29 is 15.0 Å². The minimum Gasteiger partial charge on any atom is -0.393 e. The highest BCUT2D eigenvalue weighted by Gasteiger charge is 2.30. The molecule has 0 amide bonds. The van der Waals surface area contributed by atoms with E-state index in [-0.39, 0.29) is 11.7 Å². The molecule has 0 saturated heterocycles. The topological polar surface area (TPSA) is 57.5 Å². The number of carbonyl (C=O) groups is 1. The molecule has 2 unspecified atom stereocenters. The van der Waals surface area contributed by atoms with E-state index in [1.165, 1.54) is 0 Å². The predicted octanol–water partition coefficient (Wildman–Crippen LogP) is 2.48. The summed E-state index contributed by atoms with van der Waals surface area (Å²) in [5.74, 6) is -0.0619. The maximum Gasteiger partial charge on any atom is 0.162 e. The maximum atomic E-state index is 12.0. The van der Waals surface area contributed by atoms with E-state index in [2.05, 4.69) is 0 Å². The Kier molecular flexibility index (Phi) is 4.72. The van der Waals surface area contributed by atoms with E-state index in [4.69, 9.17) is 0 Å². The molecule has 0 spiro atoms. The fourth-order valence-corrected chi connectivity index (χ4v) is 2.79. The molecule has 1 aliphatic carbocycles. The van der Waals surface area contributed by atoms with Gasteiger partial charge in [0.05, 0.1) is 12.2 Å². The quantitative estimate of drug-likeness (QED) is 0.820. The van der Waals surface area contributed by atoms with Crippen LogP contribution in [0.25, 0.3) is 0 Å². The Labute approximate surface area is 114 Å². The van der Waals surface area contributed by atoms with Gasteiger partial charge in [-0.25, -0.2) is 0 Å². The summed E-state index contributed by atoms with van der Waals surface area (Å²) in [6.07, 6.45) is 2.37. The van der Waals surface area contributed by atoms with Gasteiger partial charge in [0.25, 0.3) is 0 Å². The van der Waals surface area contributed by atoms with Gasteiger partial charge < -0.3 is 10.2 Å². The van der Waals surface area contributed by atoms with Crippen LogP contribution in [0.3, 0.4) is 0 Å². The second-order valence-electron chi connectivity index (χ2n) is 5.56. The average molecular weight is 262 g/mol. The van der Waals surface area contributed by atoms with Crippen molar-refractivity contribution in [2.24, 2.45) is 5.92 Å². The zero-order chi connectivity index (χ0) is 13.8. The standard InChI is InChI=1S/C16H22O3/c1-11-5-7-12(8-6-11)14(17)10-9-13-15(18)3-2-4-16(13)19/h5-8,13,15-16,18-19H,2-4,9-10H2,1H3. The minimum atomic E-state index is -0.463. The van der Waals surface area contributed by atoms with E-state index in [1.54, 1.807) is 0 Å². The monoisotopic (exact) mass is 262 g/mol. The van der Waals surface area contributed by atoms with Gasteiger partial charge in [-0.05, 0) is 32.6 Å². The third kappa shape index (κ3) is 3.64. The Bertz CT molecular complexity index is 414. The highest BCUT2D eigenvalue weighted by molar-refractivity contribution is 5.96. The molecule has 0 heterocycles. The molecule has 104 valence electrons. The first-order valence-corrected chi connectivity index (χ1v) is 7.04. The molecule has 0 bridgehead atoms. The molecule has 0 aliphatic heterocycles. The zero-order valence-corrected chi connectivity index (χ0v) is 11.4. The lowest BCUT2D eigenvalue weighted by molar-refractivity contribution is -0.0268. The fourth-order valence-electron chi connectivity index (χ4n) is 2.79. The predicted molar refractivity (Wildman–Crippen MR) is 74.1 cm³/mol. The number of hydrogen-bond donors (Lipinski definition) is 2. The molecule has 1 fully saturated rings. The summed E-state index contributed by atoms with van der Waals surface area (Å²) in [7, 11) is 0. The molecule has 1 aromatic carbocycles. The van der Waals surface area contributed by atoms with Crippen LogP contribution in [0.2, 0.25) is 0 Å². The highest BCUT2D eigenvalue weighted by atomic mass is 16.3. The number of aliphatic hydroxyl groups excluding tert-OH is 2. The molecule has 19 heavy (non-hydrogen) atoms. The molecule has 1 aliphatic rings. The average Bonchev–Trinajstić information content (AvgIpc) is 2.38. The van der Waals surface area contributed by atoms with Crippen LogP contribution in [0, 0.1) is 12.8 Å². The van der Waals surface area contributed by atoms with E-state index >= 15 is 0 Å². The molecule has 2 rings (SSSR count). The zero-order valence-electron chi connectivity index (χ0n) is 11.4. The Morgan fingerprint density at radius 1 is 1.16 bits per heavy atom. The third-order valence-electron chi connectivity index (χ3n) is 4.07. The summed E-state index contributed by atoms with van der Waals surface area (Å²) in [5, 5.41) is 19.8. The maximum absolute atomic E-state index is 12.0. The van der Waals surface area contributed by atoms with Gasteiger partial charge >= 0.3 is 0 Å². The lowest BCUT2D eigenvalue weighted by atomic mass is 9.80. The highest BCUT2D eigenvalue weighted by Crippen LogP contribution is 2.29. The van der Waals surface area contributed by atoms with Crippen LogP contribution in [-0.2, 0) is 0 Å². The van der Waals surface area contributed by atoms with Crippen LogP contribution in [-0.4, -0.2) is 28.2 Å². The summed E-state index contributed by atoms with van der Waals surface area (Å²) in [5.41, 5.74) is 1.85. The third-order valence-corrected chi connectivity index (χ3v) is 4.07. The van der Waals surface area contributed by atoms with Crippen LogP contribution in [0.15, 0.2) is 24.3 Å². The summed E-state index contributed by atoms with van der Waals surface area (Å²) in [6, 6.07) is 7.53. The Morgan fingerprint density at radius 3 is 2.32 bits per heavy atom. The molecule has 3 nitrogen and oxygen atoms in total. The van der Waals surface area contributed by atoms with Crippen LogP contribution in [0.5, 0.6) is 0 Å². The van der Waals surface area contributed by atoms with Gasteiger partial charge in [-0.1, -0.05) is 29.8 Å². The van der Waals surface area contributed by atoms with Crippen molar-refractivity contribution in [3.63, 3.8) is 0 Å². The van der Waals surface area contributed by atoms with Gasteiger partial charge in [-0.2, -0.15) is 0 Å². The lowest BCUT2D eigenvalue weighted by Crippen LogP contribution is -2.36. The van der Waals surface area contributed by atoms with Gasteiger partial charge in [-0.15, -0.1) is 0 Å². The van der Waals surface area contributed by atoms with Crippen molar-refractivity contribution in [1.82, 2.24) is 0 Å². The summed E-state index contributed by atoms with van der Waals surface area (Å²) in [6.45, 7) is 1.99. The van der Waals surface area contributed by atoms with E-state index in [0.29, 0.717) is 18.4 Å². The number of hydrogen-bond acceptors (Lipinski definition) is 3. The molecule has 1 aromatic rings. The number of ketones is 1. The van der Waals surface area contributed by atoms with E-state index in [0.717, 1.165) is 24.8 Å². The van der Waals surface area contributed by atoms with E-state index in [1.807, 2.05) is 31.2 Å². The van der Waals surface area contributed by atoms with E-state index in [9.17, 15) is 15.0 Å². The first-order chi connectivity index (χ1) is 9.08. The number of carbonyl (C=O) groups excluding carboxylic acids is 1. The van der Waals surface area contributed by atoms with Crippen molar-refractivity contribution in [1.29, 1.82) is 0 Å². The molecule has 0 radical (unpaired) electrons. The van der Waals surface area contributed by atoms with Crippen LogP contribution >= 0.6 is 0 Å². The largest absolute Gasteiger partial charge is 0.393 e. The first kappa shape index (κ1) is 14.2. The van der Waals surface area contributed by atoms with Gasteiger partial charge in [0.2, 0.25) is 0 Å². The molecule has 2 atom stereocenters. The van der Waals surface area contributed by atoms with Crippen LogP contribution in [0.4, 0.5) is 0 Å². The van der Waals surface area contributed by atoms with Gasteiger partial charge in [0.1, 0.15) is 0 Å². The van der Waals surface area contributed by atoms with Crippen LogP contribution in [0.1, 0.15) is 48.0 Å². The van der Waals surface area contributed by atoms with Crippen molar-refractivity contribution >= 4 is 5.78 Å². The first-order valence-electron chi connectivity index (χ1n) is 7.04. The number of benzene rings is 1. The van der Waals surface area contributed by atoms with E-state index < -0.39 is 12.2 Å². The summed E-state index contributed by atoms with van der Waals surface area (Å²) in [4.78, 5) is 12.0. The number of rotatable bonds is 4. The molecular weight excluding hydrogens is 240 g/mol. The van der Waals surface area contributed by atoms with Crippen molar-refractivity contribution in [3.8, 4) is 0 Å². The lowest BCUT2D eigenvalue weighted by Gasteiger charge is -2.32. The minimum absolute atomic E-state index is 0.0879. The normalized spacial score (nSPS) is 27.2. The van der Waals surface area contributed by atoms with Crippen LogP contribution < -0.4 is 0 Å². The molecule has 0 aromatic heterocycles. The van der Waals surface area contributed by atoms with Crippen molar-refractivity contribution in [2.45, 2.75) is 51.2 Å². The van der Waals surface area contributed by atoms with Gasteiger partial charge in [0, 0.05) is 17.9 Å². The number of aryl methyl sites for hydroxylation is 1. The van der Waals surface area contributed by atoms with Gasteiger partial charge in [-0.3, -0.25) is 4.79 Å². The smallest absolute Gasteiger partial charge is 0.162 e. The van der Waals surface area contributed by atoms with Crippen molar-refractivity contribution in [2.75, 3.05) is 0 Å². The Balaban J connectivity index is 1.90. The second kappa shape index (κ2) is 6.31. The summed E-state index contributed by atoms with van der Waals surface area (Å²) < 4.78 is 0. The molecule has 3 heteroatoms. The molecule has 1 saturated carbocycles.